The highest BCUT2D eigenvalue weighted by molar-refractivity contribution is 7.61. The molecule has 0 aromatic carbocycles. The summed E-state index contributed by atoms with van der Waals surface area (Å²) in [5.41, 5.74) is 1.06. The third-order valence-electron chi connectivity index (χ3n) is 1.32. The molecule has 1 heterocycles. The number of rotatable bonds is 2. The third-order valence-corrected chi connectivity index (χ3v) is 2.45. The minimum absolute atomic E-state index is 0.654. The van der Waals surface area contributed by atoms with E-state index < -0.39 is 7.14 Å². The predicted octanol–water partition coefficient (Wildman–Crippen LogP) is 1.54. The van der Waals surface area contributed by atoms with Gasteiger partial charge in [-0.05, 0) is 18.9 Å². The van der Waals surface area contributed by atoms with Crippen LogP contribution in [0.1, 0.15) is 5.56 Å². The zero-order chi connectivity index (χ0) is 8.48. The van der Waals surface area contributed by atoms with Gasteiger partial charge in [0.15, 0.2) is 0 Å². The van der Waals surface area contributed by atoms with Gasteiger partial charge in [0.2, 0.25) is 0 Å². The first kappa shape index (κ1) is 8.54. The molecule has 0 fully saturated rings. The second-order valence-electron chi connectivity index (χ2n) is 3.25. The van der Waals surface area contributed by atoms with Crippen molar-refractivity contribution in [2.45, 2.75) is 6.16 Å². The smallest absolute Gasteiger partial charge is 0.0862 e. The van der Waals surface area contributed by atoms with E-state index in [0.717, 1.165) is 5.56 Å². The summed E-state index contributed by atoms with van der Waals surface area (Å²) in [6.45, 7) is 3.58. The van der Waals surface area contributed by atoms with Crippen LogP contribution >= 0.6 is 7.14 Å². The molecule has 1 aromatic rings. The average molecular weight is 172 g/mol. The summed E-state index contributed by atoms with van der Waals surface area (Å²) in [7, 11) is -0.0667. The molecule has 1 aromatic heterocycles. The van der Waals surface area contributed by atoms with Crippen molar-refractivity contribution in [1.29, 1.82) is 0 Å². The number of aromatic nitrogens is 2. The molecule has 0 aliphatic carbocycles. The number of aryl methyl sites for hydroxylation is 1. The topological polar surface area (TPSA) is 34.9 Å². The predicted molar refractivity (Wildman–Crippen MR) is 46.4 cm³/mol. The second kappa shape index (κ2) is 2.82. The molecule has 0 saturated carbocycles. The van der Waals surface area contributed by atoms with Gasteiger partial charge in [-0.3, -0.25) is 4.68 Å². The Labute approximate surface area is 66.8 Å². The van der Waals surface area contributed by atoms with Crippen molar-refractivity contribution in [2.75, 3.05) is 13.3 Å². The molecule has 1 rings (SSSR count). The highest BCUT2D eigenvalue weighted by Gasteiger charge is 2.08. The van der Waals surface area contributed by atoms with Crippen LogP contribution in [0.25, 0.3) is 0 Å². The Bertz CT molecular complexity index is 286. The van der Waals surface area contributed by atoms with Crippen LogP contribution in [0.5, 0.6) is 0 Å². The lowest BCUT2D eigenvalue weighted by atomic mass is 10.4. The van der Waals surface area contributed by atoms with E-state index in [2.05, 4.69) is 5.10 Å². The zero-order valence-electron chi connectivity index (χ0n) is 7.11. The van der Waals surface area contributed by atoms with E-state index in [0.29, 0.717) is 6.16 Å². The Kier molecular flexibility index (Phi) is 2.19. The van der Waals surface area contributed by atoms with Gasteiger partial charge in [0, 0.05) is 19.4 Å². The molecule has 0 spiro atoms. The molecule has 4 heteroatoms. The maximum absolute atomic E-state index is 11.4. The Balaban J connectivity index is 2.73. The van der Waals surface area contributed by atoms with Gasteiger partial charge in [-0.1, -0.05) is 0 Å². The lowest BCUT2D eigenvalue weighted by Gasteiger charge is -2.01. The van der Waals surface area contributed by atoms with Crippen molar-refractivity contribution < 1.29 is 4.57 Å². The molecular weight excluding hydrogens is 159 g/mol. The van der Waals surface area contributed by atoms with Crippen LogP contribution in [0.15, 0.2) is 12.4 Å². The quantitative estimate of drug-likeness (QED) is 0.634. The third kappa shape index (κ3) is 2.89. The molecule has 0 amide bonds. The van der Waals surface area contributed by atoms with E-state index in [1.165, 1.54) is 0 Å². The maximum atomic E-state index is 11.4. The van der Waals surface area contributed by atoms with E-state index in [1.807, 2.05) is 13.2 Å². The zero-order valence-corrected chi connectivity index (χ0v) is 8.01. The summed E-state index contributed by atoms with van der Waals surface area (Å²) in [5, 5.41) is 4.00. The van der Waals surface area contributed by atoms with Gasteiger partial charge in [0.1, 0.15) is 0 Å². The summed E-state index contributed by atoms with van der Waals surface area (Å²) in [5.74, 6) is 0. The average Bonchev–Trinajstić information content (AvgIpc) is 2.10. The fraction of sp³-hybridized carbons (Fsp3) is 0.571. The SMILES string of the molecule is Cn1cc(CP(C)(C)=O)cn1. The van der Waals surface area contributed by atoms with E-state index in [1.54, 1.807) is 24.2 Å². The molecule has 0 bridgehead atoms. The van der Waals surface area contributed by atoms with E-state index >= 15 is 0 Å². The van der Waals surface area contributed by atoms with E-state index in [-0.39, 0.29) is 0 Å². The molecule has 62 valence electrons. The highest BCUT2D eigenvalue weighted by atomic mass is 31.2. The van der Waals surface area contributed by atoms with Crippen molar-refractivity contribution >= 4 is 7.14 Å². The van der Waals surface area contributed by atoms with Crippen LogP contribution in [0.4, 0.5) is 0 Å². The van der Waals surface area contributed by atoms with E-state index in [9.17, 15) is 4.57 Å². The molecular formula is C7H13N2OP. The van der Waals surface area contributed by atoms with Crippen LogP contribution in [0.2, 0.25) is 0 Å². The molecule has 3 nitrogen and oxygen atoms in total. The molecule has 0 unspecified atom stereocenters. The van der Waals surface area contributed by atoms with Crippen LogP contribution < -0.4 is 0 Å². The van der Waals surface area contributed by atoms with Crippen molar-refractivity contribution in [3.8, 4) is 0 Å². The van der Waals surface area contributed by atoms with Crippen molar-refractivity contribution in [2.24, 2.45) is 7.05 Å². The lowest BCUT2D eigenvalue weighted by Crippen LogP contribution is -1.85. The highest BCUT2D eigenvalue weighted by Crippen LogP contribution is 2.39. The minimum Gasteiger partial charge on any atom is -0.324 e. The van der Waals surface area contributed by atoms with Gasteiger partial charge in [-0.15, -0.1) is 0 Å². The van der Waals surface area contributed by atoms with Gasteiger partial charge in [0.25, 0.3) is 0 Å². The number of hydrogen-bond donors (Lipinski definition) is 0. The summed E-state index contributed by atoms with van der Waals surface area (Å²) in [6.07, 6.45) is 4.32. The Morgan fingerprint density at radius 1 is 1.64 bits per heavy atom. The van der Waals surface area contributed by atoms with Crippen LogP contribution in [0, 0.1) is 0 Å². The molecule has 11 heavy (non-hydrogen) atoms. The van der Waals surface area contributed by atoms with Crippen molar-refractivity contribution in [3.05, 3.63) is 18.0 Å². The fourth-order valence-corrected chi connectivity index (χ4v) is 2.04. The second-order valence-corrected chi connectivity index (χ2v) is 6.72. The van der Waals surface area contributed by atoms with Gasteiger partial charge in [-0.2, -0.15) is 5.10 Å². The molecule has 0 atom stereocenters. The minimum atomic E-state index is -1.93. The van der Waals surface area contributed by atoms with Crippen LogP contribution in [0.3, 0.4) is 0 Å². The maximum Gasteiger partial charge on any atom is 0.0862 e. The summed E-state index contributed by atoms with van der Waals surface area (Å²) in [6, 6.07) is 0. The summed E-state index contributed by atoms with van der Waals surface area (Å²) in [4.78, 5) is 0. The summed E-state index contributed by atoms with van der Waals surface area (Å²) >= 11 is 0. The Morgan fingerprint density at radius 3 is 2.64 bits per heavy atom. The normalized spacial score (nSPS) is 11.9. The first-order valence-electron chi connectivity index (χ1n) is 3.49. The molecule has 0 radical (unpaired) electrons. The van der Waals surface area contributed by atoms with Crippen molar-refractivity contribution in [3.63, 3.8) is 0 Å². The fourth-order valence-electron chi connectivity index (χ4n) is 0.993. The largest absolute Gasteiger partial charge is 0.324 e. The lowest BCUT2D eigenvalue weighted by molar-refractivity contribution is 0.582. The summed E-state index contributed by atoms with van der Waals surface area (Å²) < 4.78 is 13.1. The number of hydrogen-bond acceptors (Lipinski definition) is 2. The Morgan fingerprint density at radius 2 is 2.27 bits per heavy atom. The first-order valence-corrected chi connectivity index (χ1v) is 6.27. The van der Waals surface area contributed by atoms with Gasteiger partial charge in [-0.25, -0.2) is 0 Å². The molecule has 0 saturated heterocycles. The molecule has 0 aliphatic heterocycles. The Hall–Kier alpha value is -0.560. The standard InChI is InChI=1S/C7H13N2OP/c1-9-5-7(4-8-9)6-11(2,3)10/h4-5H,6H2,1-3H3. The van der Waals surface area contributed by atoms with Crippen LogP contribution in [-0.4, -0.2) is 23.1 Å². The van der Waals surface area contributed by atoms with Gasteiger partial charge >= 0.3 is 0 Å². The number of nitrogens with zero attached hydrogens (tertiary/aromatic N) is 2. The van der Waals surface area contributed by atoms with Gasteiger partial charge < -0.3 is 4.57 Å². The molecule has 0 N–H and O–H groups in total. The van der Waals surface area contributed by atoms with Gasteiger partial charge in [0.05, 0.1) is 13.3 Å². The molecule has 0 aliphatic rings. The van der Waals surface area contributed by atoms with Crippen LogP contribution in [-0.2, 0) is 17.8 Å². The van der Waals surface area contributed by atoms with Crippen molar-refractivity contribution in [1.82, 2.24) is 9.78 Å². The monoisotopic (exact) mass is 172 g/mol. The van der Waals surface area contributed by atoms with E-state index in [4.69, 9.17) is 0 Å². The first-order chi connectivity index (χ1) is 4.97.